The number of benzene rings is 3. The fourth-order valence-corrected chi connectivity index (χ4v) is 5.36. The van der Waals surface area contributed by atoms with Crippen molar-refractivity contribution in [3.63, 3.8) is 0 Å². The van der Waals surface area contributed by atoms with Gasteiger partial charge in [-0.15, -0.1) is 0 Å². The molecule has 0 aliphatic carbocycles. The van der Waals surface area contributed by atoms with Crippen LogP contribution >= 0.6 is 0 Å². The molecule has 0 amide bonds. The maximum absolute atomic E-state index is 14.4. The van der Waals surface area contributed by atoms with Gasteiger partial charge in [-0.3, -0.25) is 0 Å². The molecule has 5 nitrogen and oxygen atoms in total. The summed E-state index contributed by atoms with van der Waals surface area (Å²) < 4.78 is 58.6. The normalized spacial score (nSPS) is 14.0. The van der Waals surface area contributed by atoms with Gasteiger partial charge in [-0.25, -0.2) is 13.9 Å². The molecule has 0 aliphatic rings. The number of aliphatic hydroxyl groups is 1. The Bertz CT molecular complexity index is 1540. The van der Waals surface area contributed by atoms with Crippen LogP contribution in [0.5, 0.6) is 0 Å². The number of carbonyl (C=O) groups is 1. The van der Waals surface area contributed by atoms with Crippen LogP contribution in [-0.2, 0) is 11.8 Å². The number of carboxylic acid groups (broad SMARTS) is 1. The highest BCUT2D eigenvalue weighted by molar-refractivity contribution is 5.89. The molecule has 1 aromatic heterocycles. The van der Waals surface area contributed by atoms with Gasteiger partial charge in [-0.2, -0.15) is 18.3 Å². The molecule has 1 heterocycles. The summed E-state index contributed by atoms with van der Waals surface area (Å²) in [6, 6.07) is 13.8. The zero-order chi connectivity index (χ0) is 28.8. The minimum absolute atomic E-state index is 0.0791. The minimum Gasteiger partial charge on any atom is -0.478 e. The Morgan fingerprint density at radius 1 is 1.03 bits per heavy atom. The molecule has 4 aromatic rings. The van der Waals surface area contributed by atoms with Gasteiger partial charge >= 0.3 is 12.1 Å². The number of hydrogen-bond acceptors (Lipinski definition) is 3. The second kappa shape index (κ2) is 10.1. The first-order chi connectivity index (χ1) is 18.1. The molecule has 0 saturated carbocycles. The third-order valence-electron chi connectivity index (χ3n) is 7.26. The Morgan fingerprint density at radius 3 is 2.41 bits per heavy atom. The van der Waals surface area contributed by atoms with Crippen molar-refractivity contribution in [1.82, 2.24) is 9.78 Å². The molecule has 3 aromatic carbocycles. The van der Waals surface area contributed by atoms with Crippen molar-refractivity contribution in [2.24, 2.45) is 0 Å². The molecular weight excluding hydrogens is 512 g/mol. The number of hydrogen-bond donors (Lipinski definition) is 2. The van der Waals surface area contributed by atoms with Crippen molar-refractivity contribution in [2.75, 3.05) is 0 Å². The van der Waals surface area contributed by atoms with Crippen molar-refractivity contribution in [2.45, 2.75) is 64.1 Å². The highest BCUT2D eigenvalue weighted by Crippen LogP contribution is 2.44. The molecule has 1 unspecified atom stereocenters. The van der Waals surface area contributed by atoms with E-state index in [0.717, 1.165) is 5.56 Å². The molecule has 0 saturated heterocycles. The number of aryl methyl sites for hydroxylation is 3. The van der Waals surface area contributed by atoms with Crippen molar-refractivity contribution < 1.29 is 32.6 Å². The topological polar surface area (TPSA) is 75.4 Å². The molecule has 2 N–H and O–H groups in total. The summed E-state index contributed by atoms with van der Waals surface area (Å²) in [7, 11) is 0. The van der Waals surface area contributed by atoms with Gasteiger partial charge in [0.15, 0.2) is 5.60 Å². The zero-order valence-corrected chi connectivity index (χ0v) is 22.1. The number of nitrogens with zero attached hydrogens (tertiary/aromatic N) is 2. The predicted octanol–water partition coefficient (Wildman–Crippen LogP) is 7.07. The molecule has 0 radical (unpaired) electrons. The van der Waals surface area contributed by atoms with Gasteiger partial charge in [-0.1, -0.05) is 32.0 Å². The average molecular weight is 543 g/mol. The summed E-state index contributed by atoms with van der Waals surface area (Å²) in [5, 5.41) is 25.4. The van der Waals surface area contributed by atoms with Gasteiger partial charge in [0.05, 0.1) is 23.0 Å². The number of aromatic nitrogens is 2. The van der Waals surface area contributed by atoms with Crippen molar-refractivity contribution >= 4 is 16.9 Å². The molecule has 39 heavy (non-hydrogen) atoms. The lowest BCUT2D eigenvalue weighted by Crippen LogP contribution is -2.49. The fourth-order valence-electron chi connectivity index (χ4n) is 5.36. The minimum atomic E-state index is -4.92. The van der Waals surface area contributed by atoms with E-state index in [9.17, 15) is 32.6 Å². The number of fused-ring (bicyclic) bond motifs is 1. The third kappa shape index (κ3) is 5.68. The summed E-state index contributed by atoms with van der Waals surface area (Å²) >= 11 is 0. The van der Waals surface area contributed by atoms with Gasteiger partial charge < -0.3 is 10.2 Å². The van der Waals surface area contributed by atoms with E-state index >= 15 is 0 Å². The maximum atomic E-state index is 14.4. The molecule has 9 heteroatoms. The molecule has 0 aliphatic heterocycles. The summed E-state index contributed by atoms with van der Waals surface area (Å²) in [6.07, 6.45) is -4.73. The monoisotopic (exact) mass is 542 g/mol. The van der Waals surface area contributed by atoms with E-state index in [1.807, 2.05) is 6.07 Å². The van der Waals surface area contributed by atoms with Crippen LogP contribution in [0, 0.1) is 19.7 Å². The first-order valence-corrected chi connectivity index (χ1v) is 12.5. The van der Waals surface area contributed by atoms with E-state index in [0.29, 0.717) is 33.3 Å². The fraction of sp³-hybridized carbons (Fsp3) is 0.333. The lowest BCUT2D eigenvalue weighted by molar-refractivity contribution is -0.269. The summed E-state index contributed by atoms with van der Waals surface area (Å²) in [6.45, 7) is 6.66. The number of alkyl halides is 3. The molecule has 0 bridgehead atoms. The second-order valence-corrected chi connectivity index (χ2v) is 10.8. The Hall–Kier alpha value is -3.72. The Labute approximate surface area is 223 Å². The van der Waals surface area contributed by atoms with Crippen molar-refractivity contribution in [3.8, 4) is 5.69 Å². The van der Waals surface area contributed by atoms with E-state index in [1.165, 1.54) is 36.5 Å². The van der Waals surface area contributed by atoms with Crippen LogP contribution in [0.3, 0.4) is 0 Å². The van der Waals surface area contributed by atoms with Crippen LogP contribution < -0.4 is 0 Å². The van der Waals surface area contributed by atoms with Crippen LogP contribution in [-0.4, -0.2) is 37.7 Å². The van der Waals surface area contributed by atoms with Gasteiger partial charge in [0.2, 0.25) is 0 Å². The quantitative estimate of drug-likeness (QED) is 0.234. The lowest BCUT2D eigenvalue weighted by atomic mass is 9.72. The molecule has 1 atom stereocenters. The van der Waals surface area contributed by atoms with Crippen molar-refractivity contribution in [3.05, 3.63) is 94.4 Å². The highest BCUT2D eigenvalue weighted by Gasteiger charge is 2.55. The largest absolute Gasteiger partial charge is 0.478 e. The molecule has 4 rings (SSSR count). The number of halogens is 4. The first kappa shape index (κ1) is 28.3. The van der Waals surface area contributed by atoms with E-state index < -0.39 is 41.8 Å². The third-order valence-corrected chi connectivity index (χ3v) is 7.26. The second-order valence-electron chi connectivity index (χ2n) is 10.8. The number of aromatic carboxylic acids is 1. The van der Waals surface area contributed by atoms with E-state index in [-0.39, 0.29) is 12.0 Å². The van der Waals surface area contributed by atoms with Crippen LogP contribution in [0.25, 0.3) is 16.6 Å². The van der Waals surface area contributed by atoms with E-state index in [2.05, 4.69) is 5.10 Å². The van der Waals surface area contributed by atoms with Gasteiger partial charge in [0, 0.05) is 5.39 Å². The van der Waals surface area contributed by atoms with Crippen LogP contribution in [0.2, 0.25) is 0 Å². The summed E-state index contributed by atoms with van der Waals surface area (Å²) in [4.78, 5) is 11.4. The van der Waals surface area contributed by atoms with Crippen LogP contribution in [0.4, 0.5) is 17.6 Å². The lowest BCUT2D eigenvalue weighted by Gasteiger charge is -2.38. The Kier molecular flexibility index (Phi) is 7.33. The smallest absolute Gasteiger partial charge is 0.417 e. The SMILES string of the molecule is Cc1cc(CCC(O)(CC(C)(C)c2cc(F)ccc2C)C(F)(F)F)c2cnn(-c3cccc(C(=O)O)c3)c2c1. The molecule has 206 valence electrons. The zero-order valence-electron chi connectivity index (χ0n) is 22.1. The predicted molar refractivity (Wildman–Crippen MR) is 141 cm³/mol. The van der Waals surface area contributed by atoms with Crippen LogP contribution in [0.1, 0.15) is 59.3 Å². The number of carboxylic acids is 1. The van der Waals surface area contributed by atoms with E-state index in [1.54, 1.807) is 50.6 Å². The molecule has 0 fully saturated rings. The molecular formula is C30H30F4N2O3. The summed E-state index contributed by atoms with van der Waals surface area (Å²) in [5.41, 5.74) is -0.600. The standard InChI is InChI=1S/C30H30F4N2O3/c1-18-12-20(24-16-35-36(26(24)13-18)23-7-5-6-21(14-23)27(37)38)10-11-29(39,30(32,33)34)17-28(3,4)25-15-22(31)9-8-19(25)2/h5-9,12-16,39H,10-11,17H2,1-4H3,(H,37,38). The number of rotatable bonds is 8. The average Bonchev–Trinajstić information content (AvgIpc) is 3.27. The highest BCUT2D eigenvalue weighted by atomic mass is 19.4. The van der Waals surface area contributed by atoms with Crippen LogP contribution in [0.15, 0.2) is 60.8 Å². The first-order valence-electron chi connectivity index (χ1n) is 12.5. The van der Waals surface area contributed by atoms with Gasteiger partial charge in [0.25, 0.3) is 0 Å². The Morgan fingerprint density at radius 2 is 1.74 bits per heavy atom. The molecule has 0 spiro atoms. The van der Waals surface area contributed by atoms with Gasteiger partial charge in [-0.05, 0) is 97.2 Å². The maximum Gasteiger partial charge on any atom is 0.417 e. The van der Waals surface area contributed by atoms with E-state index in [4.69, 9.17) is 0 Å². The van der Waals surface area contributed by atoms with Gasteiger partial charge in [0.1, 0.15) is 5.82 Å². The Balaban J connectivity index is 1.69. The summed E-state index contributed by atoms with van der Waals surface area (Å²) in [5.74, 6) is -1.64. The van der Waals surface area contributed by atoms with Crippen molar-refractivity contribution in [1.29, 1.82) is 0 Å².